The van der Waals surface area contributed by atoms with Crippen molar-refractivity contribution in [1.29, 1.82) is 0 Å². The van der Waals surface area contributed by atoms with Crippen LogP contribution in [0.4, 0.5) is 0 Å². The molecule has 2 aromatic rings. The van der Waals surface area contributed by atoms with Gasteiger partial charge in [0.2, 0.25) is 0 Å². The Morgan fingerprint density at radius 2 is 2.31 bits per heavy atom. The zero-order valence-electron chi connectivity index (χ0n) is 8.64. The Morgan fingerprint density at radius 3 is 3.00 bits per heavy atom. The van der Waals surface area contributed by atoms with Gasteiger partial charge in [-0.2, -0.15) is 0 Å². The molecule has 0 saturated carbocycles. The summed E-state index contributed by atoms with van der Waals surface area (Å²) in [6, 6.07) is 7.27. The minimum Gasteiger partial charge on any atom is -0.493 e. The van der Waals surface area contributed by atoms with E-state index in [1.54, 1.807) is 19.2 Å². The second-order valence-corrected chi connectivity index (χ2v) is 3.20. The number of carboxylic acids is 1. The van der Waals surface area contributed by atoms with Crippen LogP contribution in [0, 0.1) is 0 Å². The monoisotopic (exact) mass is 218 g/mol. The zero-order valence-corrected chi connectivity index (χ0v) is 8.64. The van der Waals surface area contributed by atoms with E-state index in [0.29, 0.717) is 17.1 Å². The molecule has 2 rings (SSSR count). The van der Waals surface area contributed by atoms with Crippen molar-refractivity contribution in [2.45, 2.75) is 0 Å². The average Bonchev–Trinajstić information content (AvgIpc) is 2.68. The van der Waals surface area contributed by atoms with E-state index in [1.165, 1.54) is 6.08 Å². The fraction of sp³-hybridized carbons (Fsp3) is 0.0833. The van der Waals surface area contributed by atoms with E-state index >= 15 is 0 Å². The molecule has 0 fully saturated rings. The summed E-state index contributed by atoms with van der Waals surface area (Å²) >= 11 is 0. The molecule has 16 heavy (non-hydrogen) atoms. The van der Waals surface area contributed by atoms with Crippen molar-refractivity contribution in [3.8, 4) is 5.75 Å². The van der Waals surface area contributed by atoms with E-state index in [-0.39, 0.29) is 0 Å². The van der Waals surface area contributed by atoms with Crippen molar-refractivity contribution in [1.82, 2.24) is 0 Å². The van der Waals surface area contributed by atoms with Crippen LogP contribution in [0.2, 0.25) is 0 Å². The molecule has 82 valence electrons. The number of fused-ring (bicyclic) bond motifs is 1. The molecule has 4 heteroatoms. The summed E-state index contributed by atoms with van der Waals surface area (Å²) in [5.41, 5.74) is 0.620. The van der Waals surface area contributed by atoms with Crippen LogP contribution in [-0.2, 0) is 4.79 Å². The Balaban J connectivity index is 2.47. The van der Waals surface area contributed by atoms with Gasteiger partial charge in [0, 0.05) is 11.5 Å². The molecule has 1 N–H and O–H groups in total. The summed E-state index contributed by atoms with van der Waals surface area (Å²) in [5.74, 6) is 0.113. The van der Waals surface area contributed by atoms with Crippen molar-refractivity contribution in [2.75, 3.05) is 7.11 Å². The average molecular weight is 218 g/mol. The Bertz CT molecular complexity index is 551. The number of para-hydroxylation sites is 1. The van der Waals surface area contributed by atoms with Gasteiger partial charge in [0.05, 0.1) is 7.11 Å². The summed E-state index contributed by atoms with van der Waals surface area (Å²) in [5, 5.41) is 9.38. The summed E-state index contributed by atoms with van der Waals surface area (Å²) in [7, 11) is 1.56. The lowest BCUT2D eigenvalue weighted by Gasteiger charge is -1.98. The molecule has 1 aromatic heterocycles. The Kier molecular flexibility index (Phi) is 2.64. The Hall–Kier alpha value is -2.23. The maximum atomic E-state index is 10.4. The number of carboxylic acid groups (broad SMARTS) is 1. The summed E-state index contributed by atoms with van der Waals surface area (Å²) < 4.78 is 10.6. The van der Waals surface area contributed by atoms with Crippen LogP contribution in [0.15, 0.2) is 34.8 Å². The molecule has 0 atom stereocenters. The summed E-state index contributed by atoms with van der Waals surface area (Å²) in [6.07, 6.45) is 2.44. The maximum Gasteiger partial charge on any atom is 0.328 e. The summed E-state index contributed by atoms with van der Waals surface area (Å²) in [6.45, 7) is 0. The molecule has 0 aliphatic carbocycles. The van der Waals surface area contributed by atoms with E-state index in [2.05, 4.69) is 0 Å². The van der Waals surface area contributed by atoms with Gasteiger partial charge in [-0.25, -0.2) is 4.79 Å². The number of methoxy groups -OCH3 is 1. The molecule has 0 bridgehead atoms. The number of benzene rings is 1. The molecule has 0 unspecified atom stereocenters. The molecule has 4 nitrogen and oxygen atoms in total. The van der Waals surface area contributed by atoms with Gasteiger partial charge in [-0.3, -0.25) is 0 Å². The third-order valence-corrected chi connectivity index (χ3v) is 2.14. The van der Waals surface area contributed by atoms with Gasteiger partial charge >= 0.3 is 5.97 Å². The minimum atomic E-state index is -1.01. The fourth-order valence-electron chi connectivity index (χ4n) is 1.45. The molecule has 0 spiro atoms. The van der Waals surface area contributed by atoms with E-state index in [0.717, 1.165) is 11.5 Å². The number of furan rings is 1. The Morgan fingerprint density at radius 1 is 1.50 bits per heavy atom. The van der Waals surface area contributed by atoms with E-state index in [1.807, 2.05) is 12.1 Å². The molecular formula is C12H10O4. The zero-order chi connectivity index (χ0) is 11.5. The first-order valence-corrected chi connectivity index (χ1v) is 4.68. The SMILES string of the molecule is COc1cccc2cc(/C=C/C(=O)O)oc12. The lowest BCUT2D eigenvalue weighted by atomic mass is 10.2. The van der Waals surface area contributed by atoms with Crippen LogP contribution < -0.4 is 4.74 Å². The maximum absolute atomic E-state index is 10.4. The molecule has 1 aromatic carbocycles. The van der Waals surface area contributed by atoms with Crippen molar-refractivity contribution in [3.05, 3.63) is 36.1 Å². The molecule has 0 aliphatic rings. The van der Waals surface area contributed by atoms with Crippen molar-refractivity contribution in [2.24, 2.45) is 0 Å². The third kappa shape index (κ3) is 1.91. The summed E-state index contributed by atoms with van der Waals surface area (Å²) in [4.78, 5) is 10.4. The first kappa shape index (κ1) is 10.3. The smallest absolute Gasteiger partial charge is 0.328 e. The third-order valence-electron chi connectivity index (χ3n) is 2.14. The van der Waals surface area contributed by atoms with Crippen LogP contribution in [0.5, 0.6) is 5.75 Å². The van der Waals surface area contributed by atoms with Gasteiger partial charge < -0.3 is 14.3 Å². The van der Waals surface area contributed by atoms with E-state index < -0.39 is 5.97 Å². The second kappa shape index (κ2) is 4.10. The normalized spacial score (nSPS) is 11.1. The van der Waals surface area contributed by atoms with Crippen LogP contribution in [0.3, 0.4) is 0 Å². The van der Waals surface area contributed by atoms with E-state index in [9.17, 15) is 4.79 Å². The highest BCUT2D eigenvalue weighted by atomic mass is 16.5. The largest absolute Gasteiger partial charge is 0.493 e. The molecular weight excluding hydrogens is 208 g/mol. The highest BCUT2D eigenvalue weighted by molar-refractivity contribution is 5.88. The topological polar surface area (TPSA) is 59.7 Å². The van der Waals surface area contributed by atoms with Gasteiger partial charge in [0.1, 0.15) is 5.76 Å². The van der Waals surface area contributed by atoms with Crippen molar-refractivity contribution < 1.29 is 19.1 Å². The van der Waals surface area contributed by atoms with Crippen LogP contribution in [0.25, 0.3) is 17.0 Å². The van der Waals surface area contributed by atoms with Gasteiger partial charge in [-0.05, 0) is 18.2 Å². The quantitative estimate of drug-likeness (QED) is 0.804. The minimum absolute atomic E-state index is 0.488. The molecule has 1 heterocycles. The van der Waals surface area contributed by atoms with Gasteiger partial charge in [-0.15, -0.1) is 0 Å². The van der Waals surface area contributed by atoms with Crippen LogP contribution in [0.1, 0.15) is 5.76 Å². The first-order chi connectivity index (χ1) is 7.70. The second-order valence-electron chi connectivity index (χ2n) is 3.20. The standard InChI is InChI=1S/C12H10O4/c1-15-10-4-2-3-8-7-9(16-12(8)10)5-6-11(13)14/h2-7H,1H3,(H,13,14)/b6-5+. The number of ether oxygens (including phenoxy) is 1. The van der Waals surface area contributed by atoms with Gasteiger partial charge in [-0.1, -0.05) is 12.1 Å². The number of rotatable bonds is 3. The first-order valence-electron chi connectivity index (χ1n) is 4.68. The van der Waals surface area contributed by atoms with Gasteiger partial charge in [0.25, 0.3) is 0 Å². The number of hydrogen-bond donors (Lipinski definition) is 1. The van der Waals surface area contributed by atoms with Gasteiger partial charge in [0.15, 0.2) is 11.3 Å². The van der Waals surface area contributed by atoms with Crippen LogP contribution >= 0.6 is 0 Å². The van der Waals surface area contributed by atoms with Crippen molar-refractivity contribution >= 4 is 23.0 Å². The number of hydrogen-bond acceptors (Lipinski definition) is 3. The lowest BCUT2D eigenvalue weighted by molar-refractivity contribution is -0.131. The van der Waals surface area contributed by atoms with E-state index in [4.69, 9.17) is 14.3 Å². The number of carbonyl (C=O) groups is 1. The predicted molar refractivity (Wildman–Crippen MR) is 59.4 cm³/mol. The molecule has 0 radical (unpaired) electrons. The molecule has 0 amide bonds. The molecule has 0 aliphatic heterocycles. The lowest BCUT2D eigenvalue weighted by Crippen LogP contribution is -1.84. The Labute approximate surface area is 91.7 Å². The number of aliphatic carboxylic acids is 1. The highest BCUT2D eigenvalue weighted by Gasteiger charge is 2.06. The van der Waals surface area contributed by atoms with Crippen LogP contribution in [-0.4, -0.2) is 18.2 Å². The predicted octanol–water partition coefficient (Wildman–Crippen LogP) is 2.54. The highest BCUT2D eigenvalue weighted by Crippen LogP contribution is 2.28. The molecule has 0 saturated heterocycles. The van der Waals surface area contributed by atoms with Crippen molar-refractivity contribution in [3.63, 3.8) is 0 Å². The fourth-order valence-corrected chi connectivity index (χ4v) is 1.45.